The van der Waals surface area contributed by atoms with Gasteiger partial charge >= 0.3 is 0 Å². The molecule has 0 amide bonds. The number of nitrogens with one attached hydrogen (secondary N) is 1. The number of piperazine rings is 1. The van der Waals surface area contributed by atoms with E-state index in [1.807, 2.05) is 0 Å². The maximum absolute atomic E-state index is 3.77. The standard InChI is InChI=1S/C18H28N2/c1-3-15-11-18(15)20-13-16(19-12-17(20)4-2)10-14-8-6-5-7-9-14/h5-9,15-19H,3-4,10-13H2,1-2H3. The molecule has 110 valence electrons. The van der Waals surface area contributed by atoms with E-state index in [1.165, 1.54) is 37.9 Å². The Kier molecular flexibility index (Phi) is 4.42. The molecule has 3 rings (SSSR count). The average Bonchev–Trinajstić information content (AvgIpc) is 3.28. The van der Waals surface area contributed by atoms with Gasteiger partial charge in [-0.05, 0) is 30.7 Å². The van der Waals surface area contributed by atoms with Crippen molar-refractivity contribution in [1.29, 1.82) is 0 Å². The minimum atomic E-state index is 0.623. The van der Waals surface area contributed by atoms with Crippen molar-refractivity contribution in [3.63, 3.8) is 0 Å². The first-order valence-electron chi connectivity index (χ1n) is 8.34. The summed E-state index contributed by atoms with van der Waals surface area (Å²) in [7, 11) is 0. The van der Waals surface area contributed by atoms with Gasteiger partial charge in [-0.15, -0.1) is 0 Å². The van der Waals surface area contributed by atoms with Crippen molar-refractivity contribution < 1.29 is 0 Å². The van der Waals surface area contributed by atoms with E-state index in [-0.39, 0.29) is 0 Å². The van der Waals surface area contributed by atoms with Crippen LogP contribution in [-0.2, 0) is 6.42 Å². The Morgan fingerprint density at radius 1 is 1.15 bits per heavy atom. The number of hydrogen-bond donors (Lipinski definition) is 1. The van der Waals surface area contributed by atoms with Crippen molar-refractivity contribution in [1.82, 2.24) is 10.2 Å². The zero-order chi connectivity index (χ0) is 13.9. The Morgan fingerprint density at radius 2 is 1.95 bits per heavy atom. The highest BCUT2D eigenvalue weighted by atomic mass is 15.3. The van der Waals surface area contributed by atoms with E-state index in [0.717, 1.165) is 24.4 Å². The zero-order valence-electron chi connectivity index (χ0n) is 12.9. The summed E-state index contributed by atoms with van der Waals surface area (Å²) in [5.41, 5.74) is 1.46. The molecule has 1 aromatic carbocycles. The summed E-state index contributed by atoms with van der Waals surface area (Å²) >= 11 is 0. The van der Waals surface area contributed by atoms with Crippen LogP contribution in [0.1, 0.15) is 38.7 Å². The summed E-state index contributed by atoms with van der Waals surface area (Å²) in [6.07, 6.45) is 5.23. The van der Waals surface area contributed by atoms with Gasteiger partial charge in [-0.2, -0.15) is 0 Å². The molecule has 2 heteroatoms. The maximum atomic E-state index is 3.77. The molecule has 4 unspecified atom stereocenters. The second kappa shape index (κ2) is 6.28. The lowest BCUT2D eigenvalue weighted by Crippen LogP contribution is -2.57. The highest BCUT2D eigenvalue weighted by molar-refractivity contribution is 5.16. The molecule has 1 aliphatic carbocycles. The van der Waals surface area contributed by atoms with E-state index in [4.69, 9.17) is 0 Å². The van der Waals surface area contributed by atoms with E-state index < -0.39 is 0 Å². The smallest absolute Gasteiger partial charge is 0.0236 e. The van der Waals surface area contributed by atoms with Crippen LogP contribution in [0.3, 0.4) is 0 Å². The molecule has 20 heavy (non-hydrogen) atoms. The Morgan fingerprint density at radius 3 is 2.60 bits per heavy atom. The lowest BCUT2D eigenvalue weighted by molar-refractivity contribution is 0.111. The summed E-state index contributed by atoms with van der Waals surface area (Å²) in [6, 6.07) is 13.2. The topological polar surface area (TPSA) is 15.3 Å². The average molecular weight is 272 g/mol. The van der Waals surface area contributed by atoms with Gasteiger partial charge in [-0.1, -0.05) is 50.6 Å². The third-order valence-corrected chi connectivity index (χ3v) is 5.17. The number of rotatable bonds is 5. The molecule has 0 radical (unpaired) electrons. The molecule has 1 aliphatic heterocycles. The fraction of sp³-hybridized carbons (Fsp3) is 0.667. The van der Waals surface area contributed by atoms with Crippen molar-refractivity contribution in [3.8, 4) is 0 Å². The Balaban J connectivity index is 1.61. The second-order valence-electron chi connectivity index (χ2n) is 6.53. The Hall–Kier alpha value is -0.860. The predicted molar refractivity (Wildman–Crippen MR) is 84.9 cm³/mol. The second-order valence-corrected chi connectivity index (χ2v) is 6.53. The molecule has 1 heterocycles. The van der Waals surface area contributed by atoms with Crippen LogP contribution in [0, 0.1) is 5.92 Å². The number of hydrogen-bond acceptors (Lipinski definition) is 2. The number of nitrogens with zero attached hydrogens (tertiary/aromatic N) is 1. The van der Waals surface area contributed by atoms with Crippen LogP contribution in [0.2, 0.25) is 0 Å². The van der Waals surface area contributed by atoms with Gasteiger partial charge in [0.05, 0.1) is 0 Å². The third kappa shape index (κ3) is 3.07. The van der Waals surface area contributed by atoms with Crippen LogP contribution in [0.15, 0.2) is 30.3 Å². The quantitative estimate of drug-likeness (QED) is 0.886. The molecule has 4 atom stereocenters. The van der Waals surface area contributed by atoms with Gasteiger partial charge in [0.2, 0.25) is 0 Å². The molecule has 2 aliphatic rings. The van der Waals surface area contributed by atoms with Crippen LogP contribution >= 0.6 is 0 Å². The summed E-state index contributed by atoms with van der Waals surface area (Å²) in [6.45, 7) is 7.07. The molecule has 1 saturated carbocycles. The summed E-state index contributed by atoms with van der Waals surface area (Å²) in [5.74, 6) is 0.972. The largest absolute Gasteiger partial charge is 0.311 e. The van der Waals surface area contributed by atoms with Gasteiger partial charge in [0, 0.05) is 31.2 Å². The Labute approximate surface area is 123 Å². The highest BCUT2D eigenvalue weighted by Crippen LogP contribution is 2.40. The zero-order valence-corrected chi connectivity index (χ0v) is 12.9. The molecule has 0 aromatic heterocycles. The first kappa shape index (κ1) is 14.1. The minimum Gasteiger partial charge on any atom is -0.311 e. The normalized spacial score (nSPS) is 34.1. The summed E-state index contributed by atoms with van der Waals surface area (Å²) in [5, 5.41) is 3.77. The molecule has 1 N–H and O–H groups in total. The molecule has 2 nitrogen and oxygen atoms in total. The lowest BCUT2D eigenvalue weighted by Gasteiger charge is -2.41. The van der Waals surface area contributed by atoms with Gasteiger partial charge in [-0.25, -0.2) is 0 Å². The molecule has 2 fully saturated rings. The minimum absolute atomic E-state index is 0.623. The number of benzene rings is 1. The van der Waals surface area contributed by atoms with Gasteiger partial charge in [-0.3, -0.25) is 4.90 Å². The van der Waals surface area contributed by atoms with Crippen molar-refractivity contribution in [3.05, 3.63) is 35.9 Å². The lowest BCUT2D eigenvalue weighted by atomic mass is 10.00. The maximum Gasteiger partial charge on any atom is 0.0236 e. The van der Waals surface area contributed by atoms with E-state index in [9.17, 15) is 0 Å². The van der Waals surface area contributed by atoms with Crippen LogP contribution < -0.4 is 5.32 Å². The van der Waals surface area contributed by atoms with Crippen molar-refractivity contribution in [2.24, 2.45) is 5.92 Å². The fourth-order valence-corrected chi connectivity index (χ4v) is 3.78. The van der Waals surface area contributed by atoms with Crippen LogP contribution in [0.5, 0.6) is 0 Å². The van der Waals surface area contributed by atoms with E-state index in [2.05, 4.69) is 54.4 Å². The van der Waals surface area contributed by atoms with Crippen LogP contribution in [-0.4, -0.2) is 36.1 Å². The molecule has 1 saturated heterocycles. The monoisotopic (exact) mass is 272 g/mol. The molecule has 1 aromatic rings. The van der Waals surface area contributed by atoms with Crippen molar-refractivity contribution in [2.75, 3.05) is 13.1 Å². The third-order valence-electron chi connectivity index (χ3n) is 5.17. The van der Waals surface area contributed by atoms with Gasteiger partial charge in [0.1, 0.15) is 0 Å². The molecular weight excluding hydrogens is 244 g/mol. The molecule has 0 spiro atoms. The van der Waals surface area contributed by atoms with Crippen molar-refractivity contribution >= 4 is 0 Å². The van der Waals surface area contributed by atoms with Gasteiger partial charge < -0.3 is 5.32 Å². The van der Waals surface area contributed by atoms with Gasteiger partial charge in [0.25, 0.3) is 0 Å². The SMILES string of the molecule is CCC1CC1N1CC(Cc2ccccc2)NCC1CC. The van der Waals surface area contributed by atoms with E-state index in [1.54, 1.807) is 0 Å². The first-order valence-corrected chi connectivity index (χ1v) is 8.34. The van der Waals surface area contributed by atoms with Gasteiger partial charge in [0.15, 0.2) is 0 Å². The van der Waals surface area contributed by atoms with Crippen LogP contribution in [0.25, 0.3) is 0 Å². The summed E-state index contributed by atoms with van der Waals surface area (Å²) < 4.78 is 0. The van der Waals surface area contributed by atoms with Crippen LogP contribution in [0.4, 0.5) is 0 Å². The summed E-state index contributed by atoms with van der Waals surface area (Å²) in [4.78, 5) is 2.82. The predicted octanol–water partition coefficient (Wildman–Crippen LogP) is 3.08. The fourth-order valence-electron chi connectivity index (χ4n) is 3.78. The highest BCUT2D eigenvalue weighted by Gasteiger charge is 2.44. The van der Waals surface area contributed by atoms with Crippen molar-refractivity contribution in [2.45, 2.75) is 57.7 Å². The van der Waals surface area contributed by atoms with E-state index >= 15 is 0 Å². The molecule has 0 bridgehead atoms. The first-order chi connectivity index (χ1) is 9.81. The Bertz CT molecular complexity index is 417. The van der Waals surface area contributed by atoms with E-state index in [0.29, 0.717) is 6.04 Å². The molecular formula is C18H28N2.